The minimum absolute atomic E-state index is 0.0702. The number of hydrogen-bond donors (Lipinski definition) is 1. The molecule has 0 bridgehead atoms. The molecule has 6 nitrogen and oxygen atoms in total. The van der Waals surface area contributed by atoms with Crippen molar-refractivity contribution in [3.05, 3.63) is 58.4 Å². The molecule has 1 amide bonds. The normalized spacial score (nSPS) is 18.7. The lowest BCUT2D eigenvalue weighted by Gasteiger charge is -2.37. The van der Waals surface area contributed by atoms with Crippen molar-refractivity contribution in [2.75, 3.05) is 26.2 Å². The van der Waals surface area contributed by atoms with Crippen molar-refractivity contribution in [1.82, 2.24) is 15.2 Å². The number of amides is 1. The zero-order valence-corrected chi connectivity index (χ0v) is 17.0. The van der Waals surface area contributed by atoms with Gasteiger partial charge in [0.2, 0.25) is 0 Å². The lowest BCUT2D eigenvalue weighted by Crippen LogP contribution is -2.42. The van der Waals surface area contributed by atoms with Crippen LogP contribution in [0.5, 0.6) is 5.75 Å². The zero-order chi connectivity index (χ0) is 20.4. The molecule has 0 atom stereocenters. The standard InChI is InChI=1S/C23H26N4O2/c1-16-17(2)21-19(22(28)26-9-12-29-21)13-18(16)14-27-10-6-23(15-24,7-11-27)20-5-3-4-8-25-20/h3-5,8,13H,6-7,9-12,14H2,1-2H3,(H,26,28). The van der Waals surface area contributed by atoms with E-state index in [-0.39, 0.29) is 5.91 Å². The molecule has 1 fully saturated rings. The minimum Gasteiger partial charge on any atom is -0.491 e. The number of fused-ring (bicyclic) bond motifs is 1. The number of ether oxygens (including phenoxy) is 1. The van der Waals surface area contributed by atoms with Crippen LogP contribution in [-0.2, 0) is 12.0 Å². The molecule has 150 valence electrons. The molecule has 6 heteroatoms. The summed E-state index contributed by atoms with van der Waals surface area (Å²) in [4.78, 5) is 19.3. The Morgan fingerprint density at radius 3 is 2.76 bits per heavy atom. The number of nitriles is 1. The molecule has 1 aromatic heterocycles. The number of hydrogen-bond acceptors (Lipinski definition) is 5. The van der Waals surface area contributed by atoms with Crippen LogP contribution < -0.4 is 10.1 Å². The maximum atomic E-state index is 12.4. The van der Waals surface area contributed by atoms with Gasteiger partial charge in [-0.1, -0.05) is 6.07 Å². The maximum Gasteiger partial charge on any atom is 0.255 e. The van der Waals surface area contributed by atoms with Crippen LogP contribution in [0.15, 0.2) is 30.5 Å². The first-order chi connectivity index (χ1) is 14.0. The molecule has 2 aromatic rings. The molecule has 29 heavy (non-hydrogen) atoms. The molecule has 0 aliphatic carbocycles. The highest BCUT2D eigenvalue weighted by Gasteiger charge is 2.37. The first-order valence-corrected chi connectivity index (χ1v) is 10.1. The van der Waals surface area contributed by atoms with Gasteiger partial charge >= 0.3 is 0 Å². The fraction of sp³-hybridized carbons (Fsp3) is 0.435. The van der Waals surface area contributed by atoms with Crippen LogP contribution in [0.2, 0.25) is 0 Å². The number of benzene rings is 1. The Balaban J connectivity index is 1.54. The maximum absolute atomic E-state index is 12.4. The van der Waals surface area contributed by atoms with Crippen LogP contribution in [0, 0.1) is 25.2 Å². The highest BCUT2D eigenvalue weighted by Crippen LogP contribution is 2.35. The van der Waals surface area contributed by atoms with E-state index in [0.717, 1.165) is 49.3 Å². The number of carbonyl (C=O) groups excluding carboxylic acids is 1. The third-order valence-electron chi connectivity index (χ3n) is 6.30. The van der Waals surface area contributed by atoms with Gasteiger partial charge in [0.1, 0.15) is 17.8 Å². The number of rotatable bonds is 3. The van der Waals surface area contributed by atoms with Gasteiger partial charge in [-0.3, -0.25) is 14.7 Å². The quantitative estimate of drug-likeness (QED) is 0.872. The molecule has 3 heterocycles. The second-order valence-corrected chi connectivity index (χ2v) is 7.95. The lowest BCUT2D eigenvalue weighted by atomic mass is 9.76. The number of carbonyl (C=O) groups is 1. The van der Waals surface area contributed by atoms with E-state index >= 15 is 0 Å². The number of piperidine rings is 1. The van der Waals surface area contributed by atoms with Crippen LogP contribution in [0.25, 0.3) is 0 Å². The summed E-state index contributed by atoms with van der Waals surface area (Å²) in [6.45, 7) is 7.54. The topological polar surface area (TPSA) is 78.2 Å². The summed E-state index contributed by atoms with van der Waals surface area (Å²) >= 11 is 0. The average molecular weight is 390 g/mol. The van der Waals surface area contributed by atoms with Gasteiger partial charge in [0, 0.05) is 25.8 Å². The average Bonchev–Trinajstić information content (AvgIpc) is 2.94. The molecule has 0 radical (unpaired) electrons. The zero-order valence-electron chi connectivity index (χ0n) is 17.0. The summed E-state index contributed by atoms with van der Waals surface area (Å²) in [5.41, 5.74) is 4.32. The molecule has 1 N–H and O–H groups in total. The fourth-order valence-corrected chi connectivity index (χ4v) is 4.30. The van der Waals surface area contributed by atoms with Gasteiger partial charge in [-0.15, -0.1) is 0 Å². The third-order valence-corrected chi connectivity index (χ3v) is 6.30. The van der Waals surface area contributed by atoms with E-state index in [9.17, 15) is 10.1 Å². The van der Waals surface area contributed by atoms with E-state index in [1.807, 2.05) is 31.2 Å². The highest BCUT2D eigenvalue weighted by molar-refractivity contribution is 5.98. The van der Waals surface area contributed by atoms with E-state index in [1.54, 1.807) is 6.20 Å². The van der Waals surface area contributed by atoms with Gasteiger partial charge in [-0.05, 0) is 61.6 Å². The molecule has 0 saturated carbocycles. The smallest absolute Gasteiger partial charge is 0.255 e. The fourth-order valence-electron chi connectivity index (χ4n) is 4.30. The molecular weight excluding hydrogens is 364 g/mol. The van der Waals surface area contributed by atoms with Gasteiger partial charge in [0.25, 0.3) is 5.91 Å². The van der Waals surface area contributed by atoms with Crippen molar-refractivity contribution in [2.45, 2.75) is 38.6 Å². The molecule has 1 saturated heterocycles. The summed E-state index contributed by atoms with van der Waals surface area (Å²) < 4.78 is 5.83. The van der Waals surface area contributed by atoms with Crippen molar-refractivity contribution in [1.29, 1.82) is 5.26 Å². The SMILES string of the molecule is Cc1c(CN2CCC(C#N)(c3ccccn3)CC2)cc2c(c1C)OCCNC2=O. The van der Waals surface area contributed by atoms with Crippen LogP contribution in [0.4, 0.5) is 0 Å². The molecule has 2 aliphatic heterocycles. The largest absolute Gasteiger partial charge is 0.491 e. The van der Waals surface area contributed by atoms with E-state index < -0.39 is 5.41 Å². The van der Waals surface area contributed by atoms with Crippen molar-refractivity contribution in [3.8, 4) is 11.8 Å². The van der Waals surface area contributed by atoms with E-state index in [4.69, 9.17) is 4.74 Å². The second-order valence-electron chi connectivity index (χ2n) is 7.95. The van der Waals surface area contributed by atoms with E-state index in [2.05, 4.69) is 28.2 Å². The molecule has 1 aromatic carbocycles. The number of pyridine rings is 1. The molecule has 0 unspecified atom stereocenters. The molecule has 4 rings (SSSR count). The van der Waals surface area contributed by atoms with Gasteiger partial charge in [0.15, 0.2) is 0 Å². The first-order valence-electron chi connectivity index (χ1n) is 10.1. The monoisotopic (exact) mass is 390 g/mol. The molecule has 0 spiro atoms. The number of nitrogens with one attached hydrogen (secondary N) is 1. The third kappa shape index (κ3) is 3.58. The van der Waals surface area contributed by atoms with Crippen LogP contribution >= 0.6 is 0 Å². The summed E-state index contributed by atoms with van der Waals surface area (Å²) in [6.07, 6.45) is 3.27. The number of nitrogens with zero attached hydrogens (tertiary/aromatic N) is 3. The van der Waals surface area contributed by atoms with Gasteiger partial charge in [-0.25, -0.2) is 0 Å². The summed E-state index contributed by atoms with van der Waals surface area (Å²) in [7, 11) is 0. The van der Waals surface area contributed by atoms with E-state index in [0.29, 0.717) is 24.5 Å². The van der Waals surface area contributed by atoms with Crippen LogP contribution in [-0.4, -0.2) is 42.0 Å². The van der Waals surface area contributed by atoms with Crippen molar-refractivity contribution < 1.29 is 9.53 Å². The Hall–Kier alpha value is -2.91. The summed E-state index contributed by atoms with van der Waals surface area (Å²) in [6, 6.07) is 10.3. The van der Waals surface area contributed by atoms with Gasteiger partial charge < -0.3 is 10.1 Å². The van der Waals surface area contributed by atoms with Crippen LogP contribution in [0.3, 0.4) is 0 Å². The number of likely N-dealkylation sites (tertiary alicyclic amines) is 1. The van der Waals surface area contributed by atoms with E-state index in [1.165, 1.54) is 5.56 Å². The Morgan fingerprint density at radius 1 is 1.28 bits per heavy atom. The van der Waals surface area contributed by atoms with Crippen molar-refractivity contribution in [3.63, 3.8) is 0 Å². The Bertz CT molecular complexity index is 957. The Morgan fingerprint density at radius 2 is 2.07 bits per heavy atom. The summed E-state index contributed by atoms with van der Waals surface area (Å²) in [5, 5.41) is 12.8. The molecule has 2 aliphatic rings. The van der Waals surface area contributed by atoms with Crippen molar-refractivity contribution in [2.24, 2.45) is 0 Å². The van der Waals surface area contributed by atoms with Crippen molar-refractivity contribution >= 4 is 5.91 Å². The van der Waals surface area contributed by atoms with Crippen LogP contribution in [0.1, 0.15) is 45.6 Å². The lowest BCUT2D eigenvalue weighted by molar-refractivity contribution is 0.0957. The second kappa shape index (κ2) is 7.84. The summed E-state index contributed by atoms with van der Waals surface area (Å²) in [5.74, 6) is 0.637. The number of aromatic nitrogens is 1. The Kier molecular flexibility index (Phi) is 5.25. The van der Waals surface area contributed by atoms with Gasteiger partial charge in [-0.2, -0.15) is 5.26 Å². The molecular formula is C23H26N4O2. The highest BCUT2D eigenvalue weighted by atomic mass is 16.5. The Labute approximate surface area is 171 Å². The predicted octanol–water partition coefficient (Wildman–Crippen LogP) is 2.88. The predicted molar refractivity (Wildman–Crippen MR) is 110 cm³/mol. The first kappa shape index (κ1) is 19.4. The van der Waals surface area contributed by atoms with Gasteiger partial charge in [0.05, 0.1) is 23.9 Å². The minimum atomic E-state index is -0.510.